The second kappa shape index (κ2) is 11.9. The highest BCUT2D eigenvalue weighted by Gasteiger charge is 2.37. The molecule has 2 nitrogen and oxygen atoms in total. The van der Waals surface area contributed by atoms with Crippen LogP contribution in [0, 0.1) is 24.1 Å². The number of aromatic nitrogens is 1. The van der Waals surface area contributed by atoms with Gasteiger partial charge >= 0.3 is 6.18 Å². The van der Waals surface area contributed by atoms with Crippen LogP contribution in [0.25, 0.3) is 11.3 Å². The number of benzene rings is 2. The summed E-state index contributed by atoms with van der Waals surface area (Å²) in [5.74, 6) is -1.70. The summed E-state index contributed by atoms with van der Waals surface area (Å²) in [5.41, 5.74) is 5.42. The number of anilines is 1. The van der Waals surface area contributed by atoms with Crippen molar-refractivity contribution in [3.63, 3.8) is 0 Å². The van der Waals surface area contributed by atoms with Crippen LogP contribution in [-0.4, -0.2) is 24.2 Å². The smallest absolute Gasteiger partial charge is 0.343 e. The van der Waals surface area contributed by atoms with Crippen LogP contribution >= 0.6 is 11.3 Å². The lowest BCUT2D eigenvalue weighted by Gasteiger charge is -2.25. The van der Waals surface area contributed by atoms with Crippen LogP contribution in [0.1, 0.15) is 37.0 Å². The van der Waals surface area contributed by atoms with Crippen LogP contribution < -0.4 is 4.90 Å². The van der Waals surface area contributed by atoms with E-state index in [-0.39, 0.29) is 17.7 Å². The number of nitrogens with zero attached hydrogens (tertiary/aromatic N) is 2. The van der Waals surface area contributed by atoms with E-state index >= 15 is 0 Å². The number of hydrogen-bond acceptors (Lipinski definition) is 3. The van der Waals surface area contributed by atoms with Crippen molar-refractivity contribution < 1.29 is 17.6 Å². The molecule has 7 heteroatoms. The molecule has 0 saturated carbocycles. The molecule has 2 aromatic carbocycles. The molecule has 1 aliphatic carbocycles. The molecular weight excluding hydrogens is 520 g/mol. The van der Waals surface area contributed by atoms with Crippen molar-refractivity contribution >= 4 is 16.5 Å². The third kappa shape index (κ3) is 7.69. The third-order valence-corrected chi connectivity index (χ3v) is 7.99. The summed E-state index contributed by atoms with van der Waals surface area (Å²) in [6.45, 7) is 11.1. The molecule has 1 unspecified atom stereocenters. The fourth-order valence-corrected chi connectivity index (χ4v) is 5.38. The Labute approximate surface area is 232 Å². The standard InChI is InChI=1S/C32H34F4N2S/c1-5-31(3,4)19-24-8-6-23(7-9-24)16-17-38(20-25-10-13-27(14-11-25)32(34,35)36)30-37-29(21-39-30)26-12-15-28(33)22(2)18-26/h5-13,15,18,21,27H,1,14,16-17,19-20H2,2-4H3. The van der Waals surface area contributed by atoms with E-state index in [1.165, 1.54) is 34.6 Å². The number of thiazole rings is 1. The summed E-state index contributed by atoms with van der Waals surface area (Å²) in [7, 11) is 0. The van der Waals surface area contributed by atoms with E-state index in [9.17, 15) is 17.6 Å². The first-order chi connectivity index (χ1) is 18.4. The normalized spacial score (nSPS) is 15.8. The van der Waals surface area contributed by atoms with Crippen LogP contribution in [0.2, 0.25) is 0 Å². The zero-order valence-corrected chi connectivity index (χ0v) is 23.4. The largest absolute Gasteiger partial charge is 0.395 e. The lowest BCUT2D eigenvalue weighted by molar-refractivity contribution is -0.160. The van der Waals surface area contributed by atoms with Crippen molar-refractivity contribution in [2.24, 2.45) is 11.3 Å². The van der Waals surface area contributed by atoms with Gasteiger partial charge in [-0.2, -0.15) is 13.2 Å². The molecule has 0 N–H and O–H groups in total. The van der Waals surface area contributed by atoms with E-state index < -0.39 is 12.1 Å². The first kappa shape index (κ1) is 28.8. The molecule has 1 aromatic heterocycles. The number of rotatable bonds is 10. The first-order valence-electron chi connectivity index (χ1n) is 13.1. The average molecular weight is 555 g/mol. The van der Waals surface area contributed by atoms with Gasteiger partial charge in [0.25, 0.3) is 0 Å². The molecule has 0 bridgehead atoms. The Balaban J connectivity index is 1.52. The quantitative estimate of drug-likeness (QED) is 0.184. The van der Waals surface area contributed by atoms with E-state index in [2.05, 4.69) is 49.6 Å². The molecule has 0 amide bonds. The number of allylic oxidation sites excluding steroid dienone is 3. The lowest BCUT2D eigenvalue weighted by Crippen LogP contribution is -2.29. The Morgan fingerprint density at radius 2 is 1.82 bits per heavy atom. The first-order valence-corrected chi connectivity index (χ1v) is 13.9. The van der Waals surface area contributed by atoms with Crippen molar-refractivity contribution in [2.45, 2.75) is 46.2 Å². The topological polar surface area (TPSA) is 16.1 Å². The summed E-state index contributed by atoms with van der Waals surface area (Å²) in [6, 6.07) is 13.5. The van der Waals surface area contributed by atoms with Crippen LogP contribution in [0.3, 0.4) is 0 Å². The van der Waals surface area contributed by atoms with E-state index in [4.69, 9.17) is 4.98 Å². The molecule has 206 valence electrons. The highest BCUT2D eigenvalue weighted by atomic mass is 32.1. The number of alkyl halides is 3. The molecule has 3 aromatic rings. The predicted octanol–water partition coefficient (Wildman–Crippen LogP) is 9.13. The zero-order valence-electron chi connectivity index (χ0n) is 22.6. The monoisotopic (exact) mass is 554 g/mol. The highest BCUT2D eigenvalue weighted by molar-refractivity contribution is 7.14. The molecule has 0 saturated heterocycles. The number of halogens is 4. The molecule has 0 fully saturated rings. The summed E-state index contributed by atoms with van der Waals surface area (Å²) in [5, 5.41) is 2.72. The fraction of sp³-hybridized carbons (Fsp3) is 0.344. The maximum absolute atomic E-state index is 13.8. The molecule has 0 radical (unpaired) electrons. The van der Waals surface area contributed by atoms with Gasteiger partial charge in [0.2, 0.25) is 0 Å². The Morgan fingerprint density at radius 3 is 2.44 bits per heavy atom. The molecule has 1 atom stereocenters. The van der Waals surface area contributed by atoms with Crippen molar-refractivity contribution in [1.82, 2.24) is 4.98 Å². The van der Waals surface area contributed by atoms with Gasteiger partial charge in [-0.15, -0.1) is 17.9 Å². The summed E-state index contributed by atoms with van der Waals surface area (Å²) in [6.07, 6.45) is 3.88. The van der Waals surface area contributed by atoms with Crippen LogP contribution in [0.5, 0.6) is 0 Å². The van der Waals surface area contributed by atoms with Gasteiger partial charge in [0.1, 0.15) is 5.82 Å². The minimum atomic E-state index is -4.23. The fourth-order valence-electron chi connectivity index (χ4n) is 4.52. The minimum absolute atomic E-state index is 0.0241. The Bertz CT molecular complexity index is 1350. The van der Waals surface area contributed by atoms with E-state index in [0.717, 1.165) is 34.8 Å². The van der Waals surface area contributed by atoms with Crippen molar-refractivity contribution in [3.8, 4) is 11.3 Å². The number of hydrogen-bond donors (Lipinski definition) is 0. The predicted molar refractivity (Wildman–Crippen MR) is 154 cm³/mol. The second-order valence-electron chi connectivity index (χ2n) is 10.9. The lowest BCUT2D eigenvalue weighted by atomic mass is 9.86. The molecule has 0 spiro atoms. The molecule has 1 heterocycles. The van der Waals surface area contributed by atoms with Crippen molar-refractivity contribution in [2.75, 3.05) is 18.0 Å². The number of aryl methyl sites for hydroxylation is 1. The van der Waals surface area contributed by atoms with Crippen molar-refractivity contribution in [3.05, 3.63) is 107 Å². The Hall–Kier alpha value is -3.19. The van der Waals surface area contributed by atoms with E-state index in [1.807, 2.05) is 11.5 Å². The SMILES string of the molecule is C=CC(C)(C)Cc1ccc(CCN(CC2=CCC(C(F)(F)F)C=C2)c2nc(-c3ccc(F)c(C)c3)cs2)cc1. The second-order valence-corrected chi connectivity index (χ2v) is 11.7. The highest BCUT2D eigenvalue weighted by Crippen LogP contribution is 2.34. The van der Waals surface area contributed by atoms with Gasteiger partial charge in [-0.3, -0.25) is 0 Å². The Morgan fingerprint density at radius 1 is 1.10 bits per heavy atom. The van der Waals surface area contributed by atoms with Crippen molar-refractivity contribution in [1.29, 1.82) is 0 Å². The molecule has 4 rings (SSSR count). The minimum Gasteiger partial charge on any atom is -0.343 e. The summed E-state index contributed by atoms with van der Waals surface area (Å²) in [4.78, 5) is 6.94. The zero-order chi connectivity index (χ0) is 28.2. The summed E-state index contributed by atoms with van der Waals surface area (Å²) < 4.78 is 53.2. The maximum Gasteiger partial charge on any atom is 0.395 e. The molecule has 1 aliphatic rings. The van der Waals surface area contributed by atoms with Gasteiger partial charge in [-0.1, -0.05) is 62.4 Å². The van der Waals surface area contributed by atoms with E-state index in [1.54, 1.807) is 31.2 Å². The van der Waals surface area contributed by atoms with Gasteiger partial charge in [0.05, 0.1) is 11.6 Å². The van der Waals surface area contributed by atoms with Gasteiger partial charge in [0.15, 0.2) is 5.13 Å². The van der Waals surface area contributed by atoms with Gasteiger partial charge in [-0.05, 0) is 72.1 Å². The van der Waals surface area contributed by atoms with Gasteiger partial charge in [-0.25, -0.2) is 9.37 Å². The Kier molecular flexibility index (Phi) is 8.80. The van der Waals surface area contributed by atoms with Gasteiger partial charge < -0.3 is 4.90 Å². The third-order valence-electron chi connectivity index (χ3n) is 7.09. The van der Waals surface area contributed by atoms with Crippen LogP contribution in [-0.2, 0) is 12.8 Å². The molecular formula is C32H34F4N2S. The molecule has 39 heavy (non-hydrogen) atoms. The average Bonchev–Trinajstić information content (AvgIpc) is 3.39. The van der Waals surface area contributed by atoms with Crippen LogP contribution in [0.4, 0.5) is 22.7 Å². The maximum atomic E-state index is 13.8. The van der Waals surface area contributed by atoms with E-state index in [0.29, 0.717) is 18.7 Å². The molecule has 0 aliphatic heterocycles. The summed E-state index contributed by atoms with van der Waals surface area (Å²) >= 11 is 1.48. The van der Waals surface area contributed by atoms with Crippen LogP contribution in [0.15, 0.2) is 84.3 Å². The van der Waals surface area contributed by atoms with Gasteiger partial charge in [0, 0.05) is 24.0 Å².